The second kappa shape index (κ2) is 3.28. The van der Waals surface area contributed by atoms with Gasteiger partial charge in [-0.15, -0.1) is 0 Å². The van der Waals surface area contributed by atoms with Gasteiger partial charge in [0.1, 0.15) is 0 Å². The first-order chi connectivity index (χ1) is 7.11. The van der Waals surface area contributed by atoms with Crippen LogP contribution in [0.25, 0.3) is 10.8 Å². The van der Waals surface area contributed by atoms with Crippen molar-refractivity contribution >= 4 is 16.7 Å². The predicted octanol–water partition coefficient (Wildman–Crippen LogP) is 1.92. The summed E-state index contributed by atoms with van der Waals surface area (Å²) in [6.45, 7) is 1.72. The van der Waals surface area contributed by atoms with Crippen LogP contribution in [-0.2, 0) is 0 Å². The maximum atomic E-state index is 11.7. The van der Waals surface area contributed by atoms with E-state index in [2.05, 4.69) is 0 Å². The zero-order chi connectivity index (χ0) is 11.0. The molecule has 0 aliphatic heterocycles. The maximum absolute atomic E-state index is 11.7. The van der Waals surface area contributed by atoms with Crippen LogP contribution in [0.2, 0.25) is 0 Å². The molecule has 2 rings (SSSR count). The van der Waals surface area contributed by atoms with Crippen molar-refractivity contribution in [2.45, 2.75) is 6.92 Å². The highest BCUT2D eigenvalue weighted by atomic mass is 16.4. The first-order valence-corrected chi connectivity index (χ1v) is 4.54. The first-order valence-electron chi connectivity index (χ1n) is 4.54. The van der Waals surface area contributed by atoms with Crippen LogP contribution in [0.15, 0.2) is 30.3 Å². The molecule has 3 nitrogen and oxygen atoms in total. The van der Waals surface area contributed by atoms with Gasteiger partial charge in [0, 0.05) is 0 Å². The zero-order valence-corrected chi connectivity index (χ0v) is 8.15. The molecule has 0 unspecified atom stereocenters. The lowest BCUT2D eigenvalue weighted by Gasteiger charge is -2.14. The van der Waals surface area contributed by atoms with E-state index in [1.807, 2.05) is 0 Å². The molecule has 1 N–H and O–H groups in total. The Balaban J connectivity index is 2.89. The second-order valence-corrected chi connectivity index (χ2v) is 3.42. The van der Waals surface area contributed by atoms with Crippen LogP contribution in [0.1, 0.15) is 15.9 Å². The van der Waals surface area contributed by atoms with Gasteiger partial charge in [-0.05, 0) is 23.8 Å². The summed E-state index contributed by atoms with van der Waals surface area (Å²) in [5.41, 5.74) is 0.801. The van der Waals surface area contributed by atoms with Gasteiger partial charge in [-0.1, -0.05) is 35.6 Å². The standard InChI is InChI=1S/C12H10O3/c1-7-5-6-8-9(11(7)13)3-2-4-10(8)12(14)15/h2-6,13H,1H3,(H,14,15)/p-1. The Morgan fingerprint density at radius 2 is 1.93 bits per heavy atom. The Hall–Kier alpha value is -2.03. The number of aryl methyl sites for hydroxylation is 1. The monoisotopic (exact) mass is 201 g/mol. The number of fused-ring (bicyclic) bond motifs is 1. The van der Waals surface area contributed by atoms with E-state index in [1.54, 1.807) is 31.2 Å². The van der Waals surface area contributed by atoms with Crippen LogP contribution in [0.4, 0.5) is 0 Å². The van der Waals surface area contributed by atoms with Crippen molar-refractivity contribution in [1.29, 1.82) is 0 Å². The van der Waals surface area contributed by atoms with Crippen LogP contribution in [-0.4, -0.2) is 11.1 Å². The molecule has 0 radical (unpaired) electrons. The lowest BCUT2D eigenvalue weighted by atomic mass is 10.0. The van der Waals surface area contributed by atoms with Gasteiger partial charge >= 0.3 is 5.97 Å². The summed E-state index contributed by atoms with van der Waals surface area (Å²) in [4.78, 5) is 10.9. The Morgan fingerprint density at radius 3 is 2.60 bits per heavy atom. The highest BCUT2D eigenvalue weighted by Gasteiger charge is 2.07. The summed E-state index contributed by atoms with van der Waals surface area (Å²) in [5.74, 6) is -1.11. The number of benzene rings is 2. The summed E-state index contributed by atoms with van der Waals surface area (Å²) in [5, 5.41) is 21.6. The minimum atomic E-state index is -1.01. The van der Waals surface area contributed by atoms with Gasteiger partial charge in [0.25, 0.3) is 0 Å². The molecule has 0 bridgehead atoms. The highest BCUT2D eigenvalue weighted by Crippen LogP contribution is 2.28. The van der Waals surface area contributed by atoms with Gasteiger partial charge in [-0.3, -0.25) is 0 Å². The number of hydrogen-bond acceptors (Lipinski definition) is 2. The Bertz CT molecular complexity index is 544. The minimum Gasteiger partial charge on any atom is -0.872 e. The molecule has 0 fully saturated rings. The fraction of sp³-hybridized carbons (Fsp3) is 0.0833. The molecule has 0 spiro atoms. The van der Waals surface area contributed by atoms with Crippen molar-refractivity contribution in [2.24, 2.45) is 0 Å². The van der Waals surface area contributed by atoms with Crippen LogP contribution in [0.5, 0.6) is 5.75 Å². The smallest absolute Gasteiger partial charge is 0.336 e. The van der Waals surface area contributed by atoms with Crippen LogP contribution < -0.4 is 5.11 Å². The molecule has 76 valence electrons. The molecule has 0 saturated heterocycles. The van der Waals surface area contributed by atoms with Crippen molar-refractivity contribution in [1.82, 2.24) is 0 Å². The number of carboxylic acids is 1. The Labute approximate surface area is 86.6 Å². The molecule has 2 aromatic carbocycles. The molecule has 0 heterocycles. The van der Waals surface area contributed by atoms with Crippen LogP contribution >= 0.6 is 0 Å². The molecule has 0 atom stereocenters. The van der Waals surface area contributed by atoms with Crippen LogP contribution in [0, 0.1) is 6.92 Å². The van der Waals surface area contributed by atoms with Crippen molar-refractivity contribution < 1.29 is 15.0 Å². The summed E-state index contributed by atoms with van der Waals surface area (Å²) in [6.07, 6.45) is 0. The van der Waals surface area contributed by atoms with Gasteiger partial charge in [0.2, 0.25) is 0 Å². The quantitative estimate of drug-likeness (QED) is 0.766. The Kier molecular flexibility index (Phi) is 2.08. The Morgan fingerprint density at radius 1 is 1.20 bits per heavy atom. The number of hydrogen-bond donors (Lipinski definition) is 1. The third kappa shape index (κ3) is 1.42. The largest absolute Gasteiger partial charge is 0.872 e. The van der Waals surface area contributed by atoms with E-state index < -0.39 is 5.97 Å². The van der Waals surface area contributed by atoms with Gasteiger partial charge < -0.3 is 10.2 Å². The van der Waals surface area contributed by atoms with E-state index in [0.717, 1.165) is 0 Å². The van der Waals surface area contributed by atoms with Gasteiger partial charge in [0.05, 0.1) is 5.56 Å². The SMILES string of the molecule is Cc1ccc2c(C(=O)O)cccc2c1[O-]. The average molecular weight is 201 g/mol. The summed E-state index contributed by atoms with van der Waals surface area (Å²) in [6, 6.07) is 8.07. The molecule has 0 aliphatic carbocycles. The molecule has 0 amide bonds. The fourth-order valence-electron chi connectivity index (χ4n) is 1.63. The van der Waals surface area contributed by atoms with E-state index >= 15 is 0 Å². The zero-order valence-electron chi connectivity index (χ0n) is 8.15. The van der Waals surface area contributed by atoms with Gasteiger partial charge in [-0.25, -0.2) is 4.79 Å². The lowest BCUT2D eigenvalue weighted by molar-refractivity contribution is -0.266. The summed E-state index contributed by atoms with van der Waals surface area (Å²) < 4.78 is 0. The average Bonchev–Trinajstić information content (AvgIpc) is 2.23. The third-order valence-corrected chi connectivity index (χ3v) is 2.44. The van der Waals surface area contributed by atoms with Crippen molar-refractivity contribution in [3.8, 4) is 5.75 Å². The predicted molar refractivity (Wildman–Crippen MR) is 55.1 cm³/mol. The molecular formula is C12H9O3-. The minimum absolute atomic E-state index is 0.101. The highest BCUT2D eigenvalue weighted by molar-refractivity contribution is 6.05. The molecule has 0 aromatic heterocycles. The number of rotatable bonds is 1. The maximum Gasteiger partial charge on any atom is 0.336 e. The summed E-state index contributed by atoms with van der Waals surface area (Å²) in [7, 11) is 0. The van der Waals surface area contributed by atoms with Crippen molar-refractivity contribution in [2.75, 3.05) is 0 Å². The van der Waals surface area contributed by atoms with Gasteiger partial charge in [-0.2, -0.15) is 0 Å². The normalized spacial score (nSPS) is 10.5. The first kappa shape index (κ1) is 9.52. The molecule has 3 heteroatoms. The van der Waals surface area contributed by atoms with Crippen LogP contribution in [0.3, 0.4) is 0 Å². The molecule has 15 heavy (non-hydrogen) atoms. The summed E-state index contributed by atoms with van der Waals surface area (Å²) >= 11 is 0. The third-order valence-electron chi connectivity index (χ3n) is 2.44. The molecule has 0 saturated carbocycles. The van der Waals surface area contributed by atoms with E-state index in [1.165, 1.54) is 6.07 Å². The lowest BCUT2D eigenvalue weighted by Crippen LogP contribution is -2.00. The number of carboxylic acid groups (broad SMARTS) is 1. The fourth-order valence-corrected chi connectivity index (χ4v) is 1.63. The van der Waals surface area contributed by atoms with E-state index in [-0.39, 0.29) is 11.3 Å². The van der Waals surface area contributed by atoms with Gasteiger partial charge in [0.15, 0.2) is 0 Å². The second-order valence-electron chi connectivity index (χ2n) is 3.42. The van der Waals surface area contributed by atoms with E-state index in [9.17, 15) is 9.90 Å². The topological polar surface area (TPSA) is 60.4 Å². The number of aromatic carboxylic acids is 1. The number of carbonyl (C=O) groups is 1. The molecule has 0 aliphatic rings. The van der Waals surface area contributed by atoms with Crippen molar-refractivity contribution in [3.63, 3.8) is 0 Å². The van der Waals surface area contributed by atoms with Crippen molar-refractivity contribution in [3.05, 3.63) is 41.5 Å². The molecule has 2 aromatic rings. The van der Waals surface area contributed by atoms with E-state index in [4.69, 9.17) is 5.11 Å². The van der Waals surface area contributed by atoms with E-state index in [0.29, 0.717) is 16.3 Å². The molecular weight excluding hydrogens is 192 g/mol.